The van der Waals surface area contributed by atoms with E-state index >= 15 is 0 Å². The van der Waals surface area contributed by atoms with Crippen LogP contribution < -0.4 is 5.73 Å². The first-order chi connectivity index (χ1) is 26.0. The van der Waals surface area contributed by atoms with Gasteiger partial charge in [-0.3, -0.25) is 0 Å². The molecule has 0 bridgehead atoms. The normalized spacial score (nSPS) is 53.9. The lowest BCUT2D eigenvalue weighted by Gasteiger charge is -2.50. The molecule has 55 heavy (non-hydrogen) atoms. The average Bonchev–Trinajstić information content (AvgIpc) is 3.17. The van der Waals surface area contributed by atoms with E-state index in [1.54, 1.807) is 0 Å². The lowest BCUT2D eigenvalue weighted by molar-refractivity contribution is -0.387. The first kappa shape index (κ1) is 45.1. The van der Waals surface area contributed by atoms with Crippen LogP contribution in [0.1, 0.15) is 13.8 Å². The van der Waals surface area contributed by atoms with Gasteiger partial charge in [-0.15, -0.1) is 0 Å². The van der Waals surface area contributed by atoms with E-state index in [9.17, 15) is 71.5 Å². The molecule has 10 unspecified atom stereocenters. The van der Waals surface area contributed by atoms with E-state index in [1.807, 2.05) is 0 Å². The molecule has 322 valence electrons. The molecule has 0 saturated carbocycles. The molecule has 5 aliphatic heterocycles. The molecule has 5 aliphatic rings. The standard InChI is InChI=1S/C31H55NO23/c1-7-15(38)20(43)24(12(6-36)47-7)52-30-23(46)26(18(41)11(5-35)50-30)54-28-13(32)25(17(40)10(4-34)49-28)53-31-27(21(44)16(39)9(3-33)51-31)55-29-22(45)19(42)14(37)8(2)48-29/h7-31,33-46H,3-6,32H2,1-2H3/t7-,8?,9?,10?,11?,12?,13?,14+,15?,16-,17-,18-,19?,20+,21-,22-,23?,24-,25+,26-,27?,28-,29-,30+,31-/m0/s1. The predicted octanol–water partition coefficient (Wildman–Crippen LogP) is -9.86. The monoisotopic (exact) mass is 809 g/mol. The predicted molar refractivity (Wildman–Crippen MR) is 171 cm³/mol. The molecule has 0 aliphatic carbocycles. The van der Waals surface area contributed by atoms with Gasteiger partial charge in [0, 0.05) is 0 Å². The van der Waals surface area contributed by atoms with Crippen LogP contribution >= 0.6 is 0 Å². The molecule has 5 heterocycles. The Balaban J connectivity index is 1.37. The van der Waals surface area contributed by atoms with E-state index in [2.05, 4.69) is 0 Å². The van der Waals surface area contributed by atoms with Crippen LogP contribution in [0.4, 0.5) is 0 Å². The lowest BCUT2D eigenvalue weighted by Crippen LogP contribution is -2.69. The smallest absolute Gasteiger partial charge is 0.187 e. The minimum Gasteiger partial charge on any atom is -0.394 e. The van der Waals surface area contributed by atoms with Gasteiger partial charge in [0.25, 0.3) is 0 Å². The van der Waals surface area contributed by atoms with E-state index in [0.717, 1.165) is 0 Å². The summed E-state index contributed by atoms with van der Waals surface area (Å²) in [6.07, 6.45) is -39.5. The van der Waals surface area contributed by atoms with Gasteiger partial charge >= 0.3 is 0 Å². The number of aliphatic hydroxyl groups is 14. The van der Waals surface area contributed by atoms with Crippen LogP contribution in [0.15, 0.2) is 0 Å². The largest absolute Gasteiger partial charge is 0.394 e. The summed E-state index contributed by atoms with van der Waals surface area (Å²) in [6.45, 7) is -0.510. The van der Waals surface area contributed by atoms with Crippen LogP contribution in [0, 0.1) is 0 Å². The Morgan fingerprint density at radius 2 is 0.782 bits per heavy atom. The van der Waals surface area contributed by atoms with Gasteiger partial charge in [-0.1, -0.05) is 0 Å². The summed E-state index contributed by atoms with van der Waals surface area (Å²) in [5.74, 6) is 0. The summed E-state index contributed by atoms with van der Waals surface area (Å²) in [5, 5.41) is 147. The van der Waals surface area contributed by atoms with Crippen LogP contribution in [0.25, 0.3) is 0 Å². The number of aliphatic hydroxyl groups excluding tert-OH is 14. The zero-order valence-corrected chi connectivity index (χ0v) is 29.8. The summed E-state index contributed by atoms with van der Waals surface area (Å²) in [6, 6.07) is -1.63. The van der Waals surface area contributed by atoms with Crippen LogP contribution in [0.5, 0.6) is 0 Å². The molecular weight excluding hydrogens is 754 g/mol. The van der Waals surface area contributed by atoms with Gasteiger partial charge in [0.2, 0.25) is 0 Å². The molecule has 24 heteroatoms. The van der Waals surface area contributed by atoms with Crippen molar-refractivity contribution in [2.24, 2.45) is 5.73 Å². The SMILES string of the molecule is CC1O[C@@H](OC2[C@H](O[C@@H]3C(N)[C@H](O[C@@H]4C(O)[C@@H](O[C@H]5C(CO)O[C@@H](C)C(O)[C@H]5O)OC(CO)[C@@H]4O)OC(CO)[C@@H]3O)OC(CO)[C@H](O)[C@@H]2O)[C@@H](O)C(O)[C@@H]1O. The summed E-state index contributed by atoms with van der Waals surface area (Å²) in [7, 11) is 0. The topological polar surface area (TPSA) is 392 Å². The van der Waals surface area contributed by atoms with Gasteiger partial charge < -0.3 is 120 Å². The number of ether oxygens (including phenoxy) is 9. The Morgan fingerprint density at radius 1 is 0.364 bits per heavy atom. The van der Waals surface area contributed by atoms with E-state index < -0.39 is 180 Å². The Morgan fingerprint density at radius 3 is 1.38 bits per heavy atom. The number of nitrogens with two attached hydrogens (primary N) is 1. The summed E-state index contributed by atoms with van der Waals surface area (Å²) in [5.41, 5.74) is 6.44. The Hall–Kier alpha value is -0.960. The highest BCUT2D eigenvalue weighted by atomic mass is 16.8. The Labute approximate surface area is 313 Å². The highest BCUT2D eigenvalue weighted by Gasteiger charge is 2.56. The molecule has 0 aromatic carbocycles. The molecule has 5 rings (SSSR count). The maximum absolute atomic E-state index is 11.3. The van der Waals surface area contributed by atoms with Crippen LogP contribution in [0.2, 0.25) is 0 Å². The summed E-state index contributed by atoms with van der Waals surface area (Å²) < 4.78 is 51.1. The van der Waals surface area contributed by atoms with Crippen molar-refractivity contribution in [1.29, 1.82) is 0 Å². The molecule has 24 nitrogen and oxygen atoms in total. The molecule has 25 atom stereocenters. The first-order valence-corrected chi connectivity index (χ1v) is 17.9. The second-order valence-corrected chi connectivity index (χ2v) is 14.3. The maximum atomic E-state index is 11.3. The van der Waals surface area contributed by atoms with Crippen molar-refractivity contribution >= 4 is 0 Å². The van der Waals surface area contributed by atoms with E-state index in [-0.39, 0.29) is 0 Å². The zero-order valence-electron chi connectivity index (χ0n) is 29.8. The van der Waals surface area contributed by atoms with Crippen molar-refractivity contribution in [2.75, 3.05) is 26.4 Å². The molecule has 5 fully saturated rings. The quantitative estimate of drug-likeness (QED) is 0.0870. The molecule has 0 aromatic rings. The summed E-state index contributed by atoms with van der Waals surface area (Å²) in [4.78, 5) is 0. The third kappa shape index (κ3) is 9.13. The molecule has 5 saturated heterocycles. The van der Waals surface area contributed by atoms with Crippen molar-refractivity contribution < 1.29 is 114 Å². The van der Waals surface area contributed by atoms with Gasteiger partial charge in [-0.25, -0.2) is 0 Å². The molecule has 0 radical (unpaired) electrons. The van der Waals surface area contributed by atoms with Gasteiger partial charge in [0.15, 0.2) is 25.2 Å². The molecule has 0 aromatic heterocycles. The van der Waals surface area contributed by atoms with Crippen LogP contribution in [0.3, 0.4) is 0 Å². The maximum Gasteiger partial charge on any atom is 0.187 e. The van der Waals surface area contributed by atoms with Gasteiger partial charge in [-0.05, 0) is 13.8 Å². The highest BCUT2D eigenvalue weighted by molar-refractivity contribution is 5.00. The number of hydrogen-bond donors (Lipinski definition) is 15. The molecule has 0 amide bonds. The van der Waals surface area contributed by atoms with Crippen molar-refractivity contribution in [3.8, 4) is 0 Å². The second kappa shape index (κ2) is 19.0. The summed E-state index contributed by atoms with van der Waals surface area (Å²) >= 11 is 0. The van der Waals surface area contributed by atoms with Crippen LogP contribution in [-0.4, -0.2) is 251 Å². The molecular formula is C31H55NO23. The van der Waals surface area contributed by atoms with E-state index in [4.69, 9.17) is 48.4 Å². The molecule has 0 spiro atoms. The first-order valence-electron chi connectivity index (χ1n) is 17.9. The fourth-order valence-electron chi connectivity index (χ4n) is 7.21. The van der Waals surface area contributed by atoms with Crippen molar-refractivity contribution in [3.05, 3.63) is 0 Å². The Kier molecular flexibility index (Phi) is 15.6. The average molecular weight is 810 g/mol. The third-order valence-corrected chi connectivity index (χ3v) is 10.6. The minimum atomic E-state index is -1.98. The van der Waals surface area contributed by atoms with Gasteiger partial charge in [0.05, 0.1) is 44.7 Å². The van der Waals surface area contributed by atoms with Crippen LogP contribution in [-0.2, 0) is 42.6 Å². The lowest BCUT2D eigenvalue weighted by atomic mass is 9.94. The fourth-order valence-corrected chi connectivity index (χ4v) is 7.21. The van der Waals surface area contributed by atoms with Gasteiger partial charge in [-0.2, -0.15) is 0 Å². The molecule has 16 N–H and O–H groups in total. The number of hydrogen-bond acceptors (Lipinski definition) is 24. The zero-order chi connectivity index (χ0) is 40.6. The minimum absolute atomic E-state index is 0.686. The third-order valence-electron chi connectivity index (χ3n) is 10.6. The second-order valence-electron chi connectivity index (χ2n) is 14.3. The van der Waals surface area contributed by atoms with E-state index in [1.165, 1.54) is 13.8 Å². The Bertz CT molecular complexity index is 1200. The van der Waals surface area contributed by atoms with Crippen molar-refractivity contribution in [1.82, 2.24) is 0 Å². The van der Waals surface area contributed by atoms with Crippen molar-refractivity contribution in [3.63, 3.8) is 0 Å². The van der Waals surface area contributed by atoms with Gasteiger partial charge in [0.1, 0.15) is 110 Å². The fraction of sp³-hybridized carbons (Fsp3) is 1.00. The van der Waals surface area contributed by atoms with Crippen molar-refractivity contribution in [2.45, 2.75) is 167 Å². The number of rotatable bonds is 12. The van der Waals surface area contributed by atoms with E-state index in [0.29, 0.717) is 0 Å². The highest BCUT2D eigenvalue weighted by Crippen LogP contribution is 2.35.